The predicted molar refractivity (Wildman–Crippen MR) is 101 cm³/mol. The monoisotopic (exact) mass is 407 g/mol. The van der Waals surface area contributed by atoms with Crippen LogP contribution in [-0.4, -0.2) is 18.4 Å². The fourth-order valence-corrected chi connectivity index (χ4v) is 3.55. The standard InChI is InChI=1S/C16H11Cl2N5O2S/c17-11-7-14-15(8-12(11)18)22-16(13(21-14)5-6-19)23-26(24,25)10-3-1-9(20)2-4-10/h1-4,7-8H,5,20H2,(H,22,23). The van der Waals surface area contributed by atoms with Crippen molar-refractivity contribution < 1.29 is 8.42 Å². The van der Waals surface area contributed by atoms with E-state index in [9.17, 15) is 8.42 Å². The Morgan fingerprint density at radius 1 is 1.08 bits per heavy atom. The van der Waals surface area contributed by atoms with Crippen LogP contribution >= 0.6 is 23.2 Å². The molecule has 2 aromatic carbocycles. The van der Waals surface area contributed by atoms with Gasteiger partial charge in [0.1, 0.15) is 0 Å². The summed E-state index contributed by atoms with van der Waals surface area (Å²) in [4.78, 5) is 8.54. The van der Waals surface area contributed by atoms with Gasteiger partial charge in [-0.05, 0) is 36.4 Å². The fourth-order valence-electron chi connectivity index (χ4n) is 2.20. The Balaban J connectivity index is 2.10. The minimum atomic E-state index is -3.93. The van der Waals surface area contributed by atoms with E-state index in [2.05, 4.69) is 14.7 Å². The molecule has 26 heavy (non-hydrogen) atoms. The molecule has 0 aliphatic heterocycles. The highest BCUT2D eigenvalue weighted by Crippen LogP contribution is 2.28. The second kappa shape index (κ2) is 6.96. The topological polar surface area (TPSA) is 122 Å². The largest absolute Gasteiger partial charge is 0.399 e. The Morgan fingerprint density at radius 2 is 1.65 bits per heavy atom. The molecule has 1 aromatic heterocycles. The minimum absolute atomic E-state index is 0.00523. The predicted octanol–water partition coefficient (Wildman–Crippen LogP) is 3.39. The molecular formula is C16H11Cl2N5O2S. The summed E-state index contributed by atoms with van der Waals surface area (Å²) in [5, 5.41) is 9.55. The highest BCUT2D eigenvalue weighted by atomic mass is 35.5. The first-order valence-electron chi connectivity index (χ1n) is 7.21. The summed E-state index contributed by atoms with van der Waals surface area (Å²) >= 11 is 12.0. The number of sulfonamides is 1. The van der Waals surface area contributed by atoms with E-state index in [4.69, 9.17) is 34.2 Å². The summed E-state index contributed by atoms with van der Waals surface area (Å²) in [6, 6.07) is 10.6. The molecule has 0 spiro atoms. The SMILES string of the molecule is N#CCc1nc2cc(Cl)c(Cl)cc2nc1NS(=O)(=O)c1ccc(N)cc1. The van der Waals surface area contributed by atoms with Gasteiger partial charge < -0.3 is 5.73 Å². The molecule has 1 heterocycles. The van der Waals surface area contributed by atoms with Crippen LogP contribution < -0.4 is 10.5 Å². The molecule has 0 atom stereocenters. The quantitative estimate of drug-likeness (QED) is 0.639. The van der Waals surface area contributed by atoms with Gasteiger partial charge in [-0.2, -0.15) is 5.26 Å². The van der Waals surface area contributed by atoms with E-state index in [0.717, 1.165) is 0 Å². The molecule has 0 unspecified atom stereocenters. The molecule has 7 nitrogen and oxygen atoms in total. The molecule has 3 aromatic rings. The Bertz CT molecular complexity index is 1140. The third-order valence-corrected chi connectivity index (χ3v) is 5.52. The molecule has 0 aliphatic rings. The molecule has 3 N–H and O–H groups in total. The number of nitriles is 1. The van der Waals surface area contributed by atoms with Crippen molar-refractivity contribution in [2.45, 2.75) is 11.3 Å². The lowest BCUT2D eigenvalue weighted by atomic mass is 10.2. The van der Waals surface area contributed by atoms with Crippen LogP contribution in [-0.2, 0) is 16.4 Å². The van der Waals surface area contributed by atoms with Gasteiger partial charge in [-0.25, -0.2) is 18.4 Å². The number of hydrogen-bond donors (Lipinski definition) is 2. The smallest absolute Gasteiger partial charge is 0.263 e. The van der Waals surface area contributed by atoms with Gasteiger partial charge in [-0.15, -0.1) is 0 Å². The van der Waals surface area contributed by atoms with Crippen LogP contribution in [0, 0.1) is 11.3 Å². The third kappa shape index (κ3) is 3.65. The van der Waals surface area contributed by atoms with E-state index in [1.54, 1.807) is 0 Å². The van der Waals surface area contributed by atoms with E-state index < -0.39 is 10.0 Å². The van der Waals surface area contributed by atoms with Crippen LogP contribution in [0.1, 0.15) is 5.69 Å². The summed E-state index contributed by atoms with van der Waals surface area (Å²) in [6.07, 6.45) is -0.136. The van der Waals surface area contributed by atoms with Crippen LogP contribution in [0.25, 0.3) is 11.0 Å². The number of aromatic nitrogens is 2. The van der Waals surface area contributed by atoms with E-state index in [0.29, 0.717) is 16.7 Å². The zero-order valence-electron chi connectivity index (χ0n) is 13.1. The second-order valence-corrected chi connectivity index (χ2v) is 7.78. The maximum atomic E-state index is 12.6. The maximum Gasteiger partial charge on any atom is 0.263 e. The number of nitrogens with one attached hydrogen (secondary N) is 1. The van der Waals surface area contributed by atoms with Crippen molar-refractivity contribution in [1.29, 1.82) is 5.26 Å². The first kappa shape index (κ1) is 18.2. The van der Waals surface area contributed by atoms with Crippen LogP contribution in [0.5, 0.6) is 0 Å². The van der Waals surface area contributed by atoms with Crippen molar-refractivity contribution in [3.05, 3.63) is 52.1 Å². The average molecular weight is 408 g/mol. The van der Waals surface area contributed by atoms with Crippen molar-refractivity contribution in [2.75, 3.05) is 10.5 Å². The number of rotatable bonds is 4. The molecular weight excluding hydrogens is 397 g/mol. The number of nitrogen functional groups attached to an aromatic ring is 1. The lowest BCUT2D eigenvalue weighted by Gasteiger charge is -2.11. The molecule has 0 bridgehead atoms. The van der Waals surface area contributed by atoms with Crippen LogP contribution in [0.15, 0.2) is 41.3 Å². The molecule has 0 saturated carbocycles. The maximum absolute atomic E-state index is 12.6. The molecule has 0 fully saturated rings. The molecule has 0 saturated heterocycles. The van der Waals surface area contributed by atoms with E-state index in [1.165, 1.54) is 36.4 Å². The summed E-state index contributed by atoms with van der Waals surface area (Å²) in [6.45, 7) is 0. The van der Waals surface area contributed by atoms with Crippen molar-refractivity contribution >= 4 is 55.8 Å². The average Bonchev–Trinajstić information content (AvgIpc) is 2.57. The summed E-state index contributed by atoms with van der Waals surface area (Å²) < 4.78 is 27.5. The van der Waals surface area contributed by atoms with Gasteiger partial charge in [0.25, 0.3) is 10.0 Å². The van der Waals surface area contributed by atoms with Gasteiger partial charge in [0.05, 0.1) is 44.2 Å². The Hall–Kier alpha value is -2.60. The Labute approximate surface area is 159 Å². The highest BCUT2D eigenvalue weighted by Gasteiger charge is 2.19. The summed E-state index contributed by atoms with van der Waals surface area (Å²) in [7, 11) is -3.93. The van der Waals surface area contributed by atoms with Gasteiger partial charge in [-0.3, -0.25) is 4.72 Å². The zero-order valence-corrected chi connectivity index (χ0v) is 15.4. The molecule has 0 radical (unpaired) electrons. The van der Waals surface area contributed by atoms with E-state index in [1.807, 2.05) is 6.07 Å². The first-order chi connectivity index (χ1) is 12.3. The third-order valence-electron chi connectivity index (χ3n) is 3.45. The van der Waals surface area contributed by atoms with Crippen molar-refractivity contribution in [3.8, 4) is 6.07 Å². The number of nitrogens with two attached hydrogens (primary N) is 1. The Kier molecular flexibility index (Phi) is 4.87. The highest BCUT2D eigenvalue weighted by molar-refractivity contribution is 7.92. The minimum Gasteiger partial charge on any atom is -0.399 e. The lowest BCUT2D eigenvalue weighted by molar-refractivity contribution is 0.601. The van der Waals surface area contributed by atoms with Crippen molar-refractivity contribution in [3.63, 3.8) is 0 Å². The van der Waals surface area contributed by atoms with Gasteiger partial charge in [0.15, 0.2) is 5.82 Å². The van der Waals surface area contributed by atoms with Crippen molar-refractivity contribution in [1.82, 2.24) is 9.97 Å². The number of fused-ring (bicyclic) bond motifs is 1. The van der Waals surface area contributed by atoms with Gasteiger partial charge in [0, 0.05) is 5.69 Å². The number of hydrogen-bond acceptors (Lipinski definition) is 6. The second-order valence-electron chi connectivity index (χ2n) is 5.28. The fraction of sp³-hybridized carbons (Fsp3) is 0.0625. The molecule has 132 valence electrons. The Morgan fingerprint density at radius 3 is 2.23 bits per heavy atom. The normalized spacial score (nSPS) is 11.3. The molecule has 0 aliphatic carbocycles. The lowest BCUT2D eigenvalue weighted by Crippen LogP contribution is -2.16. The molecule has 3 rings (SSSR count). The first-order valence-corrected chi connectivity index (χ1v) is 9.45. The zero-order chi connectivity index (χ0) is 18.9. The van der Waals surface area contributed by atoms with Gasteiger partial charge >= 0.3 is 0 Å². The van der Waals surface area contributed by atoms with Crippen molar-refractivity contribution in [2.24, 2.45) is 0 Å². The van der Waals surface area contributed by atoms with Crippen LogP contribution in [0.4, 0.5) is 11.5 Å². The number of benzene rings is 2. The molecule has 10 heteroatoms. The number of anilines is 2. The molecule has 0 amide bonds. The van der Waals surface area contributed by atoms with E-state index >= 15 is 0 Å². The van der Waals surface area contributed by atoms with Gasteiger partial charge in [0.2, 0.25) is 0 Å². The van der Waals surface area contributed by atoms with E-state index in [-0.39, 0.29) is 32.9 Å². The van der Waals surface area contributed by atoms with Gasteiger partial charge in [-0.1, -0.05) is 23.2 Å². The summed E-state index contributed by atoms with van der Waals surface area (Å²) in [5.41, 5.74) is 6.94. The number of halogens is 2. The summed E-state index contributed by atoms with van der Waals surface area (Å²) in [5.74, 6) is -0.0470. The van der Waals surface area contributed by atoms with Crippen LogP contribution in [0.3, 0.4) is 0 Å². The van der Waals surface area contributed by atoms with Crippen LogP contribution in [0.2, 0.25) is 10.0 Å². The number of nitrogens with zero attached hydrogens (tertiary/aromatic N) is 3.